The van der Waals surface area contributed by atoms with Gasteiger partial charge in [0.25, 0.3) is 26.0 Å². The number of methoxy groups -OCH3 is 1. The number of rotatable bonds is 8. The number of hydrogen-bond acceptors (Lipinski definition) is 6. The molecule has 0 atom stereocenters. The second-order valence-electron chi connectivity index (χ2n) is 8.92. The summed E-state index contributed by atoms with van der Waals surface area (Å²) in [6, 6.07) is 15.0. The average Bonchev–Trinajstić information content (AvgIpc) is 3.40. The van der Waals surface area contributed by atoms with Crippen LogP contribution in [0.3, 0.4) is 0 Å². The number of sulfonamides is 2. The van der Waals surface area contributed by atoms with E-state index in [0.29, 0.717) is 24.5 Å². The molecule has 1 fully saturated rings. The van der Waals surface area contributed by atoms with Crippen molar-refractivity contribution in [2.45, 2.75) is 36.5 Å². The zero-order valence-corrected chi connectivity index (χ0v) is 22.4. The lowest BCUT2D eigenvalue weighted by atomic mass is 10.1. The van der Waals surface area contributed by atoms with Gasteiger partial charge in [-0.1, -0.05) is 12.1 Å². The Hall–Kier alpha value is -3.57. The number of ether oxygens (including phenoxy) is 1. The lowest BCUT2D eigenvalue weighted by molar-refractivity contribution is 0.0789. The third-order valence-corrected chi connectivity index (χ3v) is 8.92. The summed E-state index contributed by atoms with van der Waals surface area (Å²) < 4.78 is 62.2. The van der Waals surface area contributed by atoms with E-state index in [1.807, 2.05) is 19.1 Å². The molecule has 1 amide bonds. The highest BCUT2D eigenvalue weighted by atomic mass is 32.2. The molecule has 9 nitrogen and oxygen atoms in total. The predicted octanol–water partition coefficient (Wildman–Crippen LogP) is 4.15. The van der Waals surface area contributed by atoms with Crippen molar-refractivity contribution in [2.24, 2.45) is 0 Å². The van der Waals surface area contributed by atoms with E-state index in [9.17, 15) is 21.6 Å². The molecule has 4 rings (SSSR count). The Kier molecular flexibility index (Phi) is 7.47. The number of carbonyl (C=O) groups is 1. The largest absolute Gasteiger partial charge is 0.496 e. The van der Waals surface area contributed by atoms with Crippen molar-refractivity contribution in [1.29, 1.82) is 0 Å². The zero-order valence-electron chi connectivity index (χ0n) is 20.8. The fourth-order valence-corrected chi connectivity index (χ4v) is 6.28. The van der Waals surface area contributed by atoms with Crippen molar-refractivity contribution >= 4 is 37.3 Å². The van der Waals surface area contributed by atoms with E-state index in [1.54, 1.807) is 17.9 Å². The van der Waals surface area contributed by atoms with E-state index in [1.165, 1.54) is 49.6 Å². The van der Waals surface area contributed by atoms with Gasteiger partial charge in [-0.3, -0.25) is 14.2 Å². The molecule has 1 heterocycles. The lowest BCUT2D eigenvalue weighted by Crippen LogP contribution is -2.28. The van der Waals surface area contributed by atoms with Gasteiger partial charge in [0, 0.05) is 18.8 Å². The smallest absolute Gasteiger partial charge is 0.261 e. The summed E-state index contributed by atoms with van der Waals surface area (Å²) >= 11 is 0. The first-order chi connectivity index (χ1) is 17.5. The predicted molar refractivity (Wildman–Crippen MR) is 142 cm³/mol. The Morgan fingerprint density at radius 3 is 2.08 bits per heavy atom. The van der Waals surface area contributed by atoms with Crippen molar-refractivity contribution in [1.82, 2.24) is 4.90 Å². The topological polar surface area (TPSA) is 122 Å². The molecule has 11 heteroatoms. The summed E-state index contributed by atoms with van der Waals surface area (Å²) in [6.07, 6.45) is 1.80. The molecule has 1 aliphatic rings. The highest BCUT2D eigenvalue weighted by molar-refractivity contribution is 7.93. The number of likely N-dealkylation sites (tertiary alicyclic amines) is 1. The van der Waals surface area contributed by atoms with Gasteiger partial charge in [0.05, 0.1) is 28.2 Å². The molecule has 196 valence electrons. The van der Waals surface area contributed by atoms with Crippen LogP contribution in [0.15, 0.2) is 70.5 Å². The Morgan fingerprint density at radius 2 is 1.43 bits per heavy atom. The molecule has 0 aromatic heterocycles. The van der Waals surface area contributed by atoms with Crippen LogP contribution in [0.25, 0.3) is 0 Å². The van der Waals surface area contributed by atoms with Gasteiger partial charge in [-0.2, -0.15) is 0 Å². The minimum Gasteiger partial charge on any atom is -0.496 e. The number of nitrogens with one attached hydrogen (secondary N) is 2. The number of hydrogen-bond donors (Lipinski definition) is 2. The number of amides is 1. The fraction of sp³-hybridized carbons (Fsp3) is 0.269. The number of benzene rings is 3. The molecule has 2 N–H and O–H groups in total. The summed E-state index contributed by atoms with van der Waals surface area (Å²) in [5.74, 6) is 0.0130. The van der Waals surface area contributed by atoms with Gasteiger partial charge in [-0.05, 0) is 86.3 Å². The van der Waals surface area contributed by atoms with Crippen LogP contribution in [0.5, 0.6) is 5.75 Å². The summed E-state index contributed by atoms with van der Waals surface area (Å²) in [5, 5.41) is 0. The molecule has 37 heavy (non-hydrogen) atoms. The standard InChI is InChI=1S/C26H29N3O6S2/c1-18-6-7-19(2)24(16-18)28-36(31,32)21-10-8-20(9-11-21)27-37(33,34)22-12-13-25(35-3)23(17-22)26(30)29-14-4-5-15-29/h6-13,16-17,27-28H,4-5,14-15H2,1-3H3. The lowest BCUT2D eigenvalue weighted by Gasteiger charge is -2.18. The minimum atomic E-state index is -4.07. The molecule has 0 unspecified atom stereocenters. The van der Waals surface area contributed by atoms with Crippen molar-refractivity contribution < 1.29 is 26.4 Å². The molecule has 1 saturated heterocycles. The van der Waals surface area contributed by atoms with Crippen LogP contribution in [0.1, 0.15) is 34.3 Å². The van der Waals surface area contributed by atoms with Crippen molar-refractivity contribution in [3.05, 3.63) is 77.4 Å². The van der Waals surface area contributed by atoms with E-state index in [0.717, 1.165) is 24.0 Å². The Bertz CT molecular complexity index is 1530. The Morgan fingerprint density at radius 1 is 0.811 bits per heavy atom. The first-order valence-corrected chi connectivity index (χ1v) is 14.7. The maximum absolute atomic E-state index is 13.1. The average molecular weight is 544 g/mol. The minimum absolute atomic E-state index is 0.0145. The number of aryl methyl sites for hydroxylation is 2. The molecule has 0 saturated carbocycles. The summed E-state index contributed by atoms with van der Waals surface area (Å²) in [5.41, 5.74) is 2.52. The van der Waals surface area contributed by atoms with Crippen LogP contribution >= 0.6 is 0 Å². The molecular weight excluding hydrogens is 514 g/mol. The molecule has 3 aromatic carbocycles. The van der Waals surface area contributed by atoms with E-state index >= 15 is 0 Å². The molecular formula is C26H29N3O6S2. The van der Waals surface area contributed by atoms with Crippen molar-refractivity contribution in [3.63, 3.8) is 0 Å². The van der Waals surface area contributed by atoms with E-state index in [-0.39, 0.29) is 26.9 Å². The maximum Gasteiger partial charge on any atom is 0.261 e. The number of carbonyl (C=O) groups excluding carboxylic acids is 1. The normalized spacial score (nSPS) is 13.9. The van der Waals surface area contributed by atoms with Gasteiger partial charge in [-0.15, -0.1) is 0 Å². The first kappa shape index (κ1) is 26.5. The van der Waals surface area contributed by atoms with Crippen LogP contribution in [0.4, 0.5) is 11.4 Å². The second-order valence-corrected chi connectivity index (χ2v) is 12.3. The third kappa shape index (κ3) is 5.89. The van der Waals surface area contributed by atoms with E-state index in [2.05, 4.69) is 9.44 Å². The maximum atomic E-state index is 13.1. The molecule has 0 radical (unpaired) electrons. The highest BCUT2D eigenvalue weighted by Gasteiger charge is 2.25. The van der Waals surface area contributed by atoms with Crippen molar-refractivity contribution in [3.8, 4) is 5.75 Å². The Labute approximate surface area is 217 Å². The summed E-state index contributed by atoms with van der Waals surface area (Å²) in [6.45, 7) is 4.90. The third-order valence-electron chi connectivity index (χ3n) is 6.16. The number of nitrogens with zero attached hydrogens (tertiary/aromatic N) is 1. The van der Waals surface area contributed by atoms with Crippen molar-refractivity contribution in [2.75, 3.05) is 29.6 Å². The van der Waals surface area contributed by atoms with E-state index < -0.39 is 20.0 Å². The van der Waals surface area contributed by atoms with Gasteiger partial charge in [-0.25, -0.2) is 16.8 Å². The van der Waals surface area contributed by atoms with Gasteiger partial charge < -0.3 is 9.64 Å². The molecule has 0 spiro atoms. The van der Waals surface area contributed by atoms with Gasteiger partial charge in [0.15, 0.2) is 0 Å². The van der Waals surface area contributed by atoms with Gasteiger partial charge >= 0.3 is 0 Å². The quantitative estimate of drug-likeness (QED) is 0.440. The van der Waals surface area contributed by atoms with Crippen LogP contribution in [-0.4, -0.2) is 47.8 Å². The molecule has 0 aliphatic carbocycles. The van der Waals surface area contributed by atoms with Crippen LogP contribution in [0, 0.1) is 13.8 Å². The second kappa shape index (κ2) is 10.4. The van der Waals surface area contributed by atoms with Gasteiger partial charge in [0.2, 0.25) is 0 Å². The summed E-state index contributed by atoms with van der Waals surface area (Å²) in [4.78, 5) is 14.5. The number of anilines is 2. The first-order valence-electron chi connectivity index (χ1n) is 11.7. The Balaban J connectivity index is 1.54. The SMILES string of the molecule is COc1ccc(S(=O)(=O)Nc2ccc(S(=O)(=O)Nc3cc(C)ccc3C)cc2)cc1C(=O)N1CCCC1. The van der Waals surface area contributed by atoms with E-state index in [4.69, 9.17) is 4.74 Å². The van der Waals surface area contributed by atoms with Crippen LogP contribution < -0.4 is 14.2 Å². The fourth-order valence-electron chi connectivity index (χ4n) is 4.08. The summed E-state index contributed by atoms with van der Waals surface area (Å²) in [7, 11) is -6.52. The van der Waals surface area contributed by atoms with Gasteiger partial charge in [0.1, 0.15) is 5.75 Å². The monoisotopic (exact) mass is 543 g/mol. The molecule has 1 aliphatic heterocycles. The molecule has 3 aromatic rings. The van der Waals surface area contributed by atoms with Crippen LogP contribution in [0.2, 0.25) is 0 Å². The highest BCUT2D eigenvalue weighted by Crippen LogP contribution is 2.27. The molecule has 0 bridgehead atoms. The van der Waals surface area contributed by atoms with Crippen LogP contribution in [-0.2, 0) is 20.0 Å². The zero-order chi connectivity index (χ0) is 26.8.